The van der Waals surface area contributed by atoms with Crippen LogP contribution in [0.4, 0.5) is 5.69 Å². The standard InChI is InChI=1S/C5H5BrN2S/c6-3-1-8-2-4(7)5(3)9/h1-2H,7H2,(H,8,9). The first-order chi connectivity index (χ1) is 4.22. The Morgan fingerprint density at radius 1 is 1.56 bits per heavy atom. The van der Waals surface area contributed by atoms with E-state index in [0.29, 0.717) is 10.2 Å². The molecule has 0 saturated heterocycles. The Bertz CT molecular complexity index is 245. The molecule has 2 nitrogen and oxygen atoms in total. The molecule has 0 aliphatic rings. The minimum absolute atomic E-state index is 0.597. The molecule has 9 heavy (non-hydrogen) atoms. The van der Waals surface area contributed by atoms with Crippen LogP contribution in [0.15, 0.2) is 16.9 Å². The number of nitrogens with two attached hydrogens (primary N) is 1. The monoisotopic (exact) mass is 204 g/mol. The number of nitrogens with one attached hydrogen (secondary N) is 1. The Balaban J connectivity index is 3.43. The molecule has 1 aromatic heterocycles. The van der Waals surface area contributed by atoms with E-state index < -0.39 is 0 Å². The molecule has 0 aliphatic carbocycles. The summed E-state index contributed by atoms with van der Waals surface area (Å²) in [6, 6.07) is 0. The van der Waals surface area contributed by atoms with Gasteiger partial charge in [-0.15, -0.1) is 0 Å². The van der Waals surface area contributed by atoms with Crippen LogP contribution < -0.4 is 5.73 Å². The Morgan fingerprint density at radius 2 is 2.22 bits per heavy atom. The Morgan fingerprint density at radius 3 is 2.67 bits per heavy atom. The molecule has 0 bridgehead atoms. The molecule has 48 valence electrons. The first-order valence-corrected chi connectivity index (χ1v) is 3.54. The van der Waals surface area contributed by atoms with Gasteiger partial charge in [-0.1, -0.05) is 12.2 Å². The van der Waals surface area contributed by atoms with Gasteiger partial charge in [0.15, 0.2) is 0 Å². The Hall–Kier alpha value is -0.350. The molecular formula is C5H5BrN2S. The summed E-state index contributed by atoms with van der Waals surface area (Å²) in [5.41, 5.74) is 6.05. The van der Waals surface area contributed by atoms with E-state index in [2.05, 4.69) is 20.9 Å². The summed E-state index contributed by atoms with van der Waals surface area (Å²) in [4.78, 5) is 2.83. The quantitative estimate of drug-likeness (QED) is 0.636. The van der Waals surface area contributed by atoms with Gasteiger partial charge in [0.05, 0.1) is 14.7 Å². The van der Waals surface area contributed by atoms with Crippen LogP contribution in [0.25, 0.3) is 0 Å². The second kappa shape index (κ2) is 2.49. The first-order valence-electron chi connectivity index (χ1n) is 2.34. The SMILES string of the molecule is Nc1c[nH]cc(Br)c1=S. The number of aromatic nitrogens is 1. The fourth-order valence-electron chi connectivity index (χ4n) is 0.474. The zero-order valence-corrected chi connectivity index (χ0v) is 6.92. The van der Waals surface area contributed by atoms with E-state index in [9.17, 15) is 0 Å². The number of nitrogen functional groups attached to an aromatic ring is 1. The van der Waals surface area contributed by atoms with Gasteiger partial charge in [0, 0.05) is 12.4 Å². The summed E-state index contributed by atoms with van der Waals surface area (Å²) in [5, 5.41) is 0. The van der Waals surface area contributed by atoms with E-state index in [1.807, 2.05) is 0 Å². The van der Waals surface area contributed by atoms with Gasteiger partial charge in [0.25, 0.3) is 0 Å². The van der Waals surface area contributed by atoms with Crippen LogP contribution in [0.3, 0.4) is 0 Å². The number of halogens is 1. The molecule has 0 aliphatic heterocycles. The molecular weight excluding hydrogens is 200 g/mol. The molecule has 0 aromatic carbocycles. The van der Waals surface area contributed by atoms with E-state index in [4.69, 9.17) is 18.0 Å². The van der Waals surface area contributed by atoms with E-state index in [-0.39, 0.29) is 0 Å². The Labute approximate surface area is 66.2 Å². The van der Waals surface area contributed by atoms with Crippen molar-refractivity contribution in [3.05, 3.63) is 21.4 Å². The first kappa shape index (κ1) is 6.77. The van der Waals surface area contributed by atoms with Crippen molar-refractivity contribution in [2.75, 3.05) is 5.73 Å². The topological polar surface area (TPSA) is 41.8 Å². The maximum absolute atomic E-state index is 5.46. The maximum atomic E-state index is 5.46. The predicted octanol–water partition coefficient (Wildman–Crippen LogP) is 2.09. The lowest BCUT2D eigenvalue weighted by atomic mass is 10.4. The minimum atomic E-state index is 0.597. The third-order valence-corrected chi connectivity index (χ3v) is 2.27. The van der Waals surface area contributed by atoms with Crippen molar-refractivity contribution in [2.24, 2.45) is 0 Å². The molecule has 1 rings (SSSR count). The molecule has 0 fully saturated rings. The second-order valence-corrected chi connectivity index (χ2v) is 2.85. The summed E-state index contributed by atoms with van der Waals surface area (Å²) >= 11 is 8.13. The number of rotatable bonds is 0. The highest BCUT2D eigenvalue weighted by Crippen LogP contribution is 2.14. The smallest absolute Gasteiger partial charge is 0.0778 e. The summed E-state index contributed by atoms with van der Waals surface area (Å²) in [6.45, 7) is 0. The van der Waals surface area contributed by atoms with Gasteiger partial charge in [0.1, 0.15) is 0 Å². The second-order valence-electron chi connectivity index (χ2n) is 1.59. The van der Waals surface area contributed by atoms with Crippen molar-refractivity contribution >= 4 is 33.8 Å². The average Bonchev–Trinajstić information content (AvgIpc) is 1.83. The average molecular weight is 205 g/mol. The van der Waals surface area contributed by atoms with Crippen LogP contribution in [-0.4, -0.2) is 4.98 Å². The zero-order chi connectivity index (χ0) is 6.85. The van der Waals surface area contributed by atoms with Gasteiger partial charge in [-0.2, -0.15) is 0 Å². The fourth-order valence-corrected chi connectivity index (χ4v) is 0.953. The molecule has 0 saturated carbocycles. The maximum Gasteiger partial charge on any atom is 0.0778 e. The van der Waals surface area contributed by atoms with Crippen LogP contribution >= 0.6 is 28.1 Å². The van der Waals surface area contributed by atoms with Crippen molar-refractivity contribution in [3.63, 3.8) is 0 Å². The van der Waals surface area contributed by atoms with Crippen LogP contribution in [0.1, 0.15) is 0 Å². The number of aromatic amines is 1. The molecule has 3 N–H and O–H groups in total. The molecule has 0 radical (unpaired) electrons. The predicted molar refractivity (Wildman–Crippen MR) is 43.7 cm³/mol. The molecule has 0 amide bonds. The van der Waals surface area contributed by atoms with E-state index >= 15 is 0 Å². The molecule has 1 aromatic rings. The highest BCUT2D eigenvalue weighted by Gasteiger charge is 1.91. The summed E-state index contributed by atoms with van der Waals surface area (Å²) in [7, 11) is 0. The lowest BCUT2D eigenvalue weighted by Crippen LogP contribution is -1.86. The number of pyridine rings is 1. The largest absolute Gasteiger partial charge is 0.396 e. The van der Waals surface area contributed by atoms with Gasteiger partial charge >= 0.3 is 0 Å². The lowest BCUT2D eigenvalue weighted by molar-refractivity contribution is 1.30. The third-order valence-electron chi connectivity index (χ3n) is 0.928. The number of anilines is 1. The van der Waals surface area contributed by atoms with Crippen molar-refractivity contribution in [3.8, 4) is 0 Å². The normalized spacial score (nSPS) is 9.44. The summed E-state index contributed by atoms with van der Waals surface area (Å²) in [5.74, 6) is 0. The van der Waals surface area contributed by atoms with Crippen molar-refractivity contribution in [2.45, 2.75) is 0 Å². The van der Waals surface area contributed by atoms with Gasteiger partial charge in [-0.25, -0.2) is 0 Å². The van der Waals surface area contributed by atoms with Gasteiger partial charge in [-0.05, 0) is 15.9 Å². The van der Waals surface area contributed by atoms with Crippen molar-refractivity contribution in [1.82, 2.24) is 4.98 Å². The number of hydrogen-bond acceptors (Lipinski definition) is 2. The van der Waals surface area contributed by atoms with E-state index in [0.717, 1.165) is 4.47 Å². The van der Waals surface area contributed by atoms with E-state index in [1.165, 1.54) is 0 Å². The van der Waals surface area contributed by atoms with Crippen LogP contribution in [0.5, 0.6) is 0 Å². The lowest BCUT2D eigenvalue weighted by Gasteiger charge is -1.92. The van der Waals surface area contributed by atoms with Crippen LogP contribution in [-0.2, 0) is 0 Å². The highest BCUT2D eigenvalue weighted by atomic mass is 79.9. The van der Waals surface area contributed by atoms with Crippen molar-refractivity contribution < 1.29 is 0 Å². The molecule has 0 unspecified atom stereocenters. The van der Waals surface area contributed by atoms with Gasteiger partial charge < -0.3 is 10.7 Å². The summed E-state index contributed by atoms with van der Waals surface area (Å²) < 4.78 is 1.49. The molecule has 0 atom stereocenters. The van der Waals surface area contributed by atoms with Crippen LogP contribution in [0, 0.1) is 4.51 Å². The van der Waals surface area contributed by atoms with E-state index in [1.54, 1.807) is 12.4 Å². The fraction of sp³-hybridized carbons (Fsp3) is 0. The molecule has 4 heteroatoms. The van der Waals surface area contributed by atoms with Crippen molar-refractivity contribution in [1.29, 1.82) is 0 Å². The van der Waals surface area contributed by atoms with Gasteiger partial charge in [-0.3, -0.25) is 0 Å². The Kier molecular flexibility index (Phi) is 1.87. The van der Waals surface area contributed by atoms with Crippen LogP contribution in [0.2, 0.25) is 0 Å². The number of hydrogen-bond donors (Lipinski definition) is 2. The molecule has 0 spiro atoms. The van der Waals surface area contributed by atoms with Gasteiger partial charge in [0.2, 0.25) is 0 Å². The minimum Gasteiger partial charge on any atom is -0.396 e. The highest BCUT2D eigenvalue weighted by molar-refractivity contribution is 9.10. The molecule has 1 heterocycles. The summed E-state index contributed by atoms with van der Waals surface area (Å²) in [6.07, 6.45) is 3.41. The zero-order valence-electron chi connectivity index (χ0n) is 4.52. The number of H-pyrrole nitrogens is 1. The third kappa shape index (κ3) is 1.31.